The van der Waals surface area contributed by atoms with Crippen molar-refractivity contribution in [3.8, 4) is 0 Å². The number of ether oxygens (including phenoxy) is 1. The van der Waals surface area contributed by atoms with Gasteiger partial charge in [0.15, 0.2) is 0 Å². The number of benzene rings is 1. The number of nitrogens with one attached hydrogen (secondary N) is 1. The molecule has 0 radical (unpaired) electrons. The summed E-state index contributed by atoms with van der Waals surface area (Å²) in [7, 11) is 0. The van der Waals surface area contributed by atoms with Crippen molar-refractivity contribution in [3.63, 3.8) is 0 Å². The van der Waals surface area contributed by atoms with Crippen molar-refractivity contribution in [1.29, 1.82) is 0 Å². The topological polar surface area (TPSA) is 81.2 Å². The predicted octanol–water partition coefficient (Wildman–Crippen LogP) is 0.643. The minimum atomic E-state index is -0.452. The Hall–Kier alpha value is -2.37. The summed E-state index contributed by atoms with van der Waals surface area (Å²) in [6.07, 6.45) is 0.418. The van der Waals surface area contributed by atoms with E-state index in [0.717, 1.165) is 4.57 Å². The van der Waals surface area contributed by atoms with Gasteiger partial charge in [-0.1, -0.05) is 12.1 Å². The largest absolute Gasteiger partial charge is 0.466 e. The lowest BCUT2D eigenvalue weighted by Crippen LogP contribution is -2.35. The Morgan fingerprint density at radius 1 is 1.32 bits per heavy atom. The van der Waals surface area contributed by atoms with Gasteiger partial charge in [0.1, 0.15) is 0 Å². The van der Waals surface area contributed by atoms with Crippen molar-refractivity contribution in [2.75, 3.05) is 6.61 Å². The first-order chi connectivity index (χ1) is 9.09. The third-order valence-corrected chi connectivity index (χ3v) is 2.72. The van der Waals surface area contributed by atoms with E-state index >= 15 is 0 Å². The summed E-state index contributed by atoms with van der Waals surface area (Å²) in [5.74, 6) is -0.375. The first kappa shape index (κ1) is 13.1. The van der Waals surface area contributed by atoms with Crippen LogP contribution in [0.15, 0.2) is 33.9 Å². The molecule has 0 saturated carbocycles. The highest BCUT2D eigenvalue weighted by molar-refractivity contribution is 5.76. The lowest BCUT2D eigenvalue weighted by Gasteiger charge is -2.06. The number of nitrogens with zero attached hydrogens (tertiary/aromatic N) is 1. The summed E-state index contributed by atoms with van der Waals surface area (Å²) in [4.78, 5) is 37.1. The predicted molar refractivity (Wildman–Crippen MR) is 70.1 cm³/mol. The first-order valence-electron chi connectivity index (χ1n) is 5.95. The van der Waals surface area contributed by atoms with Crippen molar-refractivity contribution >= 4 is 16.9 Å². The lowest BCUT2D eigenvalue weighted by molar-refractivity contribution is -0.141. The van der Waals surface area contributed by atoms with Gasteiger partial charge in [-0.15, -0.1) is 0 Å². The van der Waals surface area contributed by atoms with E-state index in [0.29, 0.717) is 17.3 Å². The highest BCUT2D eigenvalue weighted by Gasteiger charge is 2.06. The van der Waals surface area contributed by atoms with Crippen LogP contribution in [-0.4, -0.2) is 22.1 Å². The van der Waals surface area contributed by atoms with Crippen LogP contribution in [0.25, 0.3) is 10.9 Å². The second kappa shape index (κ2) is 5.51. The van der Waals surface area contributed by atoms with Crippen LogP contribution in [0.4, 0.5) is 0 Å². The molecule has 6 heteroatoms. The van der Waals surface area contributed by atoms with Gasteiger partial charge in [0.2, 0.25) is 0 Å². The SMILES string of the molecule is CC(=O)OCCCn1c(=O)[nH]c2ccccc2c1=O. The van der Waals surface area contributed by atoms with E-state index < -0.39 is 5.69 Å². The molecule has 1 N–H and O–H groups in total. The van der Waals surface area contributed by atoms with Crippen LogP contribution in [0.1, 0.15) is 13.3 Å². The summed E-state index contributed by atoms with van der Waals surface area (Å²) in [5, 5.41) is 0.467. The van der Waals surface area contributed by atoms with Crippen LogP contribution in [0.3, 0.4) is 0 Å². The number of aromatic amines is 1. The number of carbonyl (C=O) groups excluding carboxylic acids is 1. The van der Waals surface area contributed by atoms with E-state index in [4.69, 9.17) is 4.74 Å². The average Bonchev–Trinajstić information content (AvgIpc) is 2.37. The zero-order chi connectivity index (χ0) is 13.8. The molecule has 0 fully saturated rings. The Labute approximate surface area is 108 Å². The molecule has 0 saturated heterocycles. The first-order valence-corrected chi connectivity index (χ1v) is 5.95. The highest BCUT2D eigenvalue weighted by Crippen LogP contribution is 2.03. The van der Waals surface area contributed by atoms with Crippen LogP contribution in [0.5, 0.6) is 0 Å². The van der Waals surface area contributed by atoms with Crippen molar-refractivity contribution < 1.29 is 9.53 Å². The number of aromatic nitrogens is 2. The van der Waals surface area contributed by atoms with Crippen LogP contribution in [0, 0.1) is 0 Å². The van der Waals surface area contributed by atoms with Crippen molar-refractivity contribution in [3.05, 3.63) is 45.1 Å². The molecule has 0 aliphatic rings. The molecular weight excluding hydrogens is 248 g/mol. The maximum absolute atomic E-state index is 12.1. The van der Waals surface area contributed by atoms with Gasteiger partial charge < -0.3 is 9.72 Å². The number of hydrogen-bond acceptors (Lipinski definition) is 4. The third kappa shape index (κ3) is 2.90. The van der Waals surface area contributed by atoms with E-state index in [1.54, 1.807) is 24.3 Å². The zero-order valence-corrected chi connectivity index (χ0v) is 10.5. The van der Waals surface area contributed by atoms with Gasteiger partial charge in [0.25, 0.3) is 5.56 Å². The second-order valence-corrected chi connectivity index (χ2v) is 4.13. The summed E-state index contributed by atoms with van der Waals surface area (Å²) >= 11 is 0. The Morgan fingerprint density at radius 2 is 2.05 bits per heavy atom. The monoisotopic (exact) mass is 262 g/mol. The number of para-hydroxylation sites is 1. The molecule has 0 unspecified atom stereocenters. The van der Waals surface area contributed by atoms with E-state index in [1.165, 1.54) is 6.92 Å². The van der Waals surface area contributed by atoms with Gasteiger partial charge in [-0.25, -0.2) is 4.79 Å². The van der Waals surface area contributed by atoms with Crippen LogP contribution in [-0.2, 0) is 16.1 Å². The van der Waals surface area contributed by atoms with Gasteiger partial charge in [0, 0.05) is 13.5 Å². The number of rotatable bonds is 4. The molecule has 6 nitrogen and oxygen atoms in total. The molecule has 19 heavy (non-hydrogen) atoms. The fraction of sp³-hybridized carbons (Fsp3) is 0.308. The smallest absolute Gasteiger partial charge is 0.328 e. The van der Waals surface area contributed by atoms with Crippen LogP contribution < -0.4 is 11.2 Å². The Balaban J connectivity index is 2.26. The third-order valence-electron chi connectivity index (χ3n) is 2.72. The zero-order valence-electron chi connectivity index (χ0n) is 10.5. The summed E-state index contributed by atoms with van der Waals surface area (Å²) in [6.45, 7) is 1.72. The molecule has 2 rings (SSSR count). The highest BCUT2D eigenvalue weighted by atomic mass is 16.5. The summed E-state index contributed by atoms with van der Waals surface area (Å²) in [5.41, 5.74) is -0.262. The molecule has 0 spiro atoms. The quantitative estimate of drug-likeness (QED) is 0.647. The molecular formula is C13H14N2O4. The van der Waals surface area contributed by atoms with E-state index in [-0.39, 0.29) is 24.7 Å². The second-order valence-electron chi connectivity index (χ2n) is 4.13. The molecule has 1 aromatic heterocycles. The van der Waals surface area contributed by atoms with Gasteiger partial charge in [0.05, 0.1) is 17.5 Å². The minimum absolute atomic E-state index is 0.189. The standard InChI is InChI=1S/C13H14N2O4/c1-9(16)19-8-4-7-15-12(17)10-5-2-3-6-11(10)14-13(15)18/h2-3,5-6H,4,7-8H2,1H3,(H,14,18). The number of hydrogen-bond donors (Lipinski definition) is 1. The lowest BCUT2D eigenvalue weighted by atomic mass is 10.2. The maximum Gasteiger partial charge on any atom is 0.328 e. The van der Waals surface area contributed by atoms with Crippen molar-refractivity contribution in [2.45, 2.75) is 19.9 Å². The fourth-order valence-corrected chi connectivity index (χ4v) is 1.84. The Kier molecular flexibility index (Phi) is 3.79. The van der Waals surface area contributed by atoms with Crippen molar-refractivity contribution in [2.24, 2.45) is 0 Å². The maximum atomic E-state index is 12.1. The van der Waals surface area contributed by atoms with Crippen LogP contribution >= 0.6 is 0 Å². The molecule has 0 atom stereocenters. The molecule has 0 aliphatic heterocycles. The van der Waals surface area contributed by atoms with E-state index in [2.05, 4.69) is 4.98 Å². The molecule has 100 valence electrons. The van der Waals surface area contributed by atoms with Gasteiger partial charge in [-0.05, 0) is 18.6 Å². The number of H-pyrrole nitrogens is 1. The van der Waals surface area contributed by atoms with Crippen molar-refractivity contribution in [1.82, 2.24) is 9.55 Å². The summed E-state index contributed by atoms with van der Waals surface area (Å²) in [6, 6.07) is 6.84. The molecule has 0 aliphatic carbocycles. The average molecular weight is 262 g/mol. The minimum Gasteiger partial charge on any atom is -0.466 e. The van der Waals surface area contributed by atoms with Crippen LogP contribution in [0.2, 0.25) is 0 Å². The Bertz CT molecular complexity index is 714. The number of carbonyl (C=O) groups is 1. The molecule has 1 aromatic carbocycles. The van der Waals surface area contributed by atoms with E-state index in [1.807, 2.05) is 0 Å². The van der Waals surface area contributed by atoms with Gasteiger partial charge in [-0.2, -0.15) is 0 Å². The molecule has 2 aromatic rings. The molecule has 1 heterocycles. The van der Waals surface area contributed by atoms with E-state index in [9.17, 15) is 14.4 Å². The van der Waals surface area contributed by atoms with Gasteiger partial charge >= 0.3 is 11.7 Å². The molecule has 0 amide bonds. The number of fused-ring (bicyclic) bond motifs is 1. The van der Waals surface area contributed by atoms with Gasteiger partial charge in [-0.3, -0.25) is 14.2 Å². The fourth-order valence-electron chi connectivity index (χ4n) is 1.84. The summed E-state index contributed by atoms with van der Waals surface area (Å²) < 4.78 is 5.88. The normalized spacial score (nSPS) is 10.6. The molecule has 0 bridgehead atoms. The number of esters is 1. The Morgan fingerprint density at radius 3 is 2.79 bits per heavy atom.